The summed E-state index contributed by atoms with van der Waals surface area (Å²) in [4.78, 5) is 17.5. The molecule has 1 N–H and O–H groups in total. The third-order valence-electron chi connectivity index (χ3n) is 4.82. The third-order valence-corrected chi connectivity index (χ3v) is 5.07. The molecule has 0 aliphatic heterocycles. The van der Waals surface area contributed by atoms with Crippen molar-refractivity contribution in [3.63, 3.8) is 0 Å². The third kappa shape index (κ3) is 4.11. The van der Waals surface area contributed by atoms with Gasteiger partial charge in [-0.15, -0.1) is 5.10 Å². The molecule has 0 saturated carbocycles. The van der Waals surface area contributed by atoms with Crippen molar-refractivity contribution in [1.29, 1.82) is 0 Å². The fourth-order valence-corrected chi connectivity index (χ4v) is 3.32. The highest BCUT2D eigenvalue weighted by Gasteiger charge is 2.19. The van der Waals surface area contributed by atoms with E-state index >= 15 is 0 Å². The van der Waals surface area contributed by atoms with E-state index in [2.05, 4.69) is 15.4 Å². The molecule has 30 heavy (non-hydrogen) atoms. The van der Waals surface area contributed by atoms with Crippen molar-refractivity contribution in [3.8, 4) is 17.1 Å². The van der Waals surface area contributed by atoms with Crippen LogP contribution in [0, 0.1) is 20.8 Å². The predicted octanol–water partition coefficient (Wildman–Crippen LogP) is 5.77. The van der Waals surface area contributed by atoms with Gasteiger partial charge in [0.05, 0.1) is 5.69 Å². The van der Waals surface area contributed by atoms with Crippen LogP contribution < -0.4 is 5.32 Å². The molecule has 4 aromatic rings. The lowest BCUT2D eigenvalue weighted by molar-refractivity contribution is 0.101. The van der Waals surface area contributed by atoms with Gasteiger partial charge in [-0.25, -0.2) is 9.67 Å². The molecule has 0 fully saturated rings. The molecule has 1 aromatic heterocycles. The lowest BCUT2D eigenvalue weighted by Gasteiger charge is -2.07. The number of nitrogens with zero attached hydrogens (tertiary/aromatic N) is 3. The minimum absolute atomic E-state index is 0.0977. The molecule has 0 atom stereocenters. The molecular weight excluding hydrogens is 396 g/mol. The zero-order chi connectivity index (χ0) is 21.3. The van der Waals surface area contributed by atoms with Gasteiger partial charge in [-0.3, -0.25) is 4.79 Å². The molecule has 0 unspecified atom stereocenters. The molecule has 0 spiro atoms. The Hall–Kier alpha value is -3.44. The van der Waals surface area contributed by atoms with Gasteiger partial charge in [0, 0.05) is 16.3 Å². The Morgan fingerprint density at radius 1 is 0.900 bits per heavy atom. The number of amides is 1. The van der Waals surface area contributed by atoms with Gasteiger partial charge < -0.3 is 5.32 Å². The number of halogens is 1. The Labute approximate surface area is 180 Å². The number of rotatable bonds is 4. The maximum absolute atomic E-state index is 12.9. The maximum Gasteiger partial charge on any atom is 0.295 e. The zero-order valence-corrected chi connectivity index (χ0v) is 17.7. The number of nitrogens with one attached hydrogen (secondary N) is 1. The Morgan fingerprint density at radius 2 is 1.57 bits per heavy atom. The molecule has 1 heterocycles. The van der Waals surface area contributed by atoms with Gasteiger partial charge in [0.2, 0.25) is 5.82 Å². The Kier molecular flexibility index (Phi) is 5.38. The summed E-state index contributed by atoms with van der Waals surface area (Å²) in [6.07, 6.45) is 0. The van der Waals surface area contributed by atoms with E-state index in [1.807, 2.05) is 75.4 Å². The molecule has 6 heteroatoms. The van der Waals surface area contributed by atoms with E-state index in [-0.39, 0.29) is 11.7 Å². The number of hydrogen-bond donors (Lipinski definition) is 1. The summed E-state index contributed by atoms with van der Waals surface area (Å²) in [5, 5.41) is 8.06. The first-order valence-corrected chi connectivity index (χ1v) is 9.97. The highest BCUT2D eigenvalue weighted by atomic mass is 35.5. The average molecular weight is 417 g/mol. The van der Waals surface area contributed by atoms with Crippen LogP contribution in [0.1, 0.15) is 27.3 Å². The van der Waals surface area contributed by atoms with Gasteiger partial charge in [-0.2, -0.15) is 0 Å². The minimum atomic E-state index is -0.358. The number of carbonyl (C=O) groups excluding carboxylic acids is 1. The van der Waals surface area contributed by atoms with Crippen LogP contribution in [0.4, 0.5) is 5.69 Å². The van der Waals surface area contributed by atoms with Crippen LogP contribution in [0.15, 0.2) is 66.7 Å². The van der Waals surface area contributed by atoms with Crippen molar-refractivity contribution in [1.82, 2.24) is 14.8 Å². The molecule has 150 valence electrons. The largest absolute Gasteiger partial charge is 0.319 e. The molecule has 3 aromatic carbocycles. The van der Waals surface area contributed by atoms with Gasteiger partial charge >= 0.3 is 0 Å². The highest BCUT2D eigenvalue weighted by molar-refractivity contribution is 6.30. The molecule has 0 radical (unpaired) electrons. The van der Waals surface area contributed by atoms with Crippen molar-refractivity contribution in [2.75, 3.05) is 5.32 Å². The number of aryl methyl sites for hydroxylation is 3. The van der Waals surface area contributed by atoms with E-state index in [9.17, 15) is 4.79 Å². The quantitative estimate of drug-likeness (QED) is 0.459. The van der Waals surface area contributed by atoms with Crippen molar-refractivity contribution in [2.24, 2.45) is 0 Å². The topological polar surface area (TPSA) is 59.8 Å². The molecule has 0 saturated heterocycles. The first-order valence-electron chi connectivity index (χ1n) is 9.59. The summed E-state index contributed by atoms with van der Waals surface area (Å²) in [6, 6.07) is 21.1. The number of carbonyl (C=O) groups is 1. The first-order chi connectivity index (χ1) is 14.4. The second kappa shape index (κ2) is 8.13. The van der Waals surface area contributed by atoms with Crippen molar-refractivity contribution in [3.05, 3.63) is 94.3 Å². The maximum atomic E-state index is 12.9. The summed E-state index contributed by atoms with van der Waals surface area (Å²) in [7, 11) is 0. The zero-order valence-electron chi connectivity index (χ0n) is 17.0. The predicted molar refractivity (Wildman–Crippen MR) is 120 cm³/mol. The fraction of sp³-hybridized carbons (Fsp3) is 0.125. The van der Waals surface area contributed by atoms with Crippen LogP contribution in [-0.4, -0.2) is 20.7 Å². The van der Waals surface area contributed by atoms with Crippen molar-refractivity contribution in [2.45, 2.75) is 20.8 Å². The van der Waals surface area contributed by atoms with Crippen molar-refractivity contribution < 1.29 is 4.79 Å². The lowest BCUT2D eigenvalue weighted by atomic mass is 10.1. The molecule has 5 nitrogen and oxygen atoms in total. The standard InChI is InChI=1S/C24H21ClN4O/c1-15-4-11-20(12-5-15)29-23(18-7-9-19(25)10-8-18)27-22(28-29)24(30)26-21-13-6-16(2)14-17(21)3/h4-14H,1-3H3,(H,26,30). The first kappa shape index (κ1) is 19.9. The second-order valence-corrected chi connectivity index (χ2v) is 7.72. The molecule has 0 aliphatic carbocycles. The summed E-state index contributed by atoms with van der Waals surface area (Å²) in [6.45, 7) is 6.00. The smallest absolute Gasteiger partial charge is 0.295 e. The van der Waals surface area contributed by atoms with Crippen LogP contribution >= 0.6 is 11.6 Å². The van der Waals surface area contributed by atoms with Gasteiger partial charge in [-0.05, 0) is 68.8 Å². The van der Waals surface area contributed by atoms with Crippen LogP contribution in [0.25, 0.3) is 17.1 Å². The number of benzene rings is 3. The van der Waals surface area contributed by atoms with E-state index in [1.165, 1.54) is 0 Å². The van der Waals surface area contributed by atoms with E-state index in [1.54, 1.807) is 16.8 Å². The van der Waals surface area contributed by atoms with Gasteiger partial charge in [-0.1, -0.05) is 47.0 Å². The Morgan fingerprint density at radius 3 is 2.23 bits per heavy atom. The lowest BCUT2D eigenvalue weighted by Crippen LogP contribution is -2.15. The molecule has 0 aliphatic rings. The fourth-order valence-electron chi connectivity index (χ4n) is 3.19. The molecule has 4 rings (SSSR count). The number of hydrogen-bond acceptors (Lipinski definition) is 3. The highest BCUT2D eigenvalue weighted by Crippen LogP contribution is 2.24. The monoisotopic (exact) mass is 416 g/mol. The summed E-state index contributed by atoms with van der Waals surface area (Å²) < 4.78 is 1.68. The summed E-state index contributed by atoms with van der Waals surface area (Å²) in [5.41, 5.74) is 5.64. The molecule has 0 bridgehead atoms. The van der Waals surface area contributed by atoms with E-state index in [0.29, 0.717) is 10.8 Å². The van der Waals surface area contributed by atoms with E-state index < -0.39 is 0 Å². The van der Waals surface area contributed by atoms with Crippen molar-refractivity contribution >= 4 is 23.2 Å². The van der Waals surface area contributed by atoms with Crippen LogP contribution in [0.2, 0.25) is 5.02 Å². The van der Waals surface area contributed by atoms with Gasteiger partial charge in [0.25, 0.3) is 5.91 Å². The van der Waals surface area contributed by atoms with Crippen LogP contribution in [0.5, 0.6) is 0 Å². The Bertz CT molecular complexity index is 1150. The van der Waals surface area contributed by atoms with Crippen LogP contribution in [-0.2, 0) is 0 Å². The summed E-state index contributed by atoms with van der Waals surface area (Å²) in [5.74, 6) is 0.310. The second-order valence-electron chi connectivity index (χ2n) is 7.29. The van der Waals surface area contributed by atoms with E-state index in [4.69, 9.17) is 11.6 Å². The average Bonchev–Trinajstić information content (AvgIpc) is 3.17. The normalized spacial score (nSPS) is 10.8. The van der Waals surface area contributed by atoms with Gasteiger partial charge in [0.1, 0.15) is 0 Å². The Balaban J connectivity index is 1.75. The SMILES string of the molecule is Cc1ccc(-n2nc(C(=O)Nc3ccc(C)cc3C)nc2-c2ccc(Cl)cc2)cc1. The number of aromatic nitrogens is 3. The minimum Gasteiger partial charge on any atom is -0.319 e. The molecule has 1 amide bonds. The van der Waals surface area contributed by atoms with Crippen LogP contribution in [0.3, 0.4) is 0 Å². The van der Waals surface area contributed by atoms with E-state index in [0.717, 1.165) is 33.6 Å². The summed E-state index contributed by atoms with van der Waals surface area (Å²) >= 11 is 6.04. The van der Waals surface area contributed by atoms with Gasteiger partial charge in [0.15, 0.2) is 5.82 Å². The number of anilines is 1. The molecular formula is C24H21ClN4O.